The van der Waals surface area contributed by atoms with Crippen molar-refractivity contribution in [3.8, 4) is 0 Å². The van der Waals surface area contributed by atoms with Crippen LogP contribution in [-0.4, -0.2) is 16.2 Å². The van der Waals surface area contributed by atoms with Gasteiger partial charge in [0.1, 0.15) is 5.82 Å². The first kappa shape index (κ1) is 13.5. The van der Waals surface area contributed by atoms with Crippen LogP contribution >= 0.6 is 0 Å². The Kier molecular flexibility index (Phi) is 8.94. The Balaban J connectivity index is 0. The molecule has 1 aromatic heterocycles. The van der Waals surface area contributed by atoms with Gasteiger partial charge in [-0.1, -0.05) is 6.07 Å². The first-order chi connectivity index (χ1) is 5.13. The molecule has 1 rings (SSSR count). The third kappa shape index (κ3) is 11.6. The highest BCUT2D eigenvalue weighted by Crippen LogP contribution is 1.89. The van der Waals surface area contributed by atoms with E-state index in [0.717, 1.165) is 0 Å². The van der Waals surface area contributed by atoms with Gasteiger partial charge in [-0.25, -0.2) is 4.98 Å². The molecule has 0 spiro atoms. The van der Waals surface area contributed by atoms with Gasteiger partial charge in [-0.15, -0.1) is 0 Å². The zero-order valence-electron chi connectivity index (χ0n) is 7.57. The standard InChI is InChI=1S/C5H6N2.C3H8O.H3N/c6-5-3-1-2-4-7-5;1-3(2)4;/h1-4H,(H2,6,7);3-4H,1-2H3;1H3. The molecule has 0 bridgehead atoms. The molecule has 0 aliphatic carbocycles. The first-order valence-electron chi connectivity index (χ1n) is 3.47. The van der Waals surface area contributed by atoms with E-state index in [2.05, 4.69) is 4.98 Å². The largest absolute Gasteiger partial charge is 0.394 e. The van der Waals surface area contributed by atoms with Gasteiger partial charge in [0.25, 0.3) is 0 Å². The fraction of sp³-hybridized carbons (Fsp3) is 0.375. The second-order valence-corrected chi connectivity index (χ2v) is 2.35. The topological polar surface area (TPSA) is 94.1 Å². The molecule has 0 atom stereocenters. The lowest BCUT2D eigenvalue weighted by molar-refractivity contribution is 0.216. The molecule has 4 heteroatoms. The van der Waals surface area contributed by atoms with E-state index in [0.29, 0.717) is 5.82 Å². The van der Waals surface area contributed by atoms with E-state index in [1.807, 2.05) is 12.1 Å². The van der Waals surface area contributed by atoms with Gasteiger partial charge in [0.2, 0.25) is 0 Å². The number of hydrogen-bond acceptors (Lipinski definition) is 4. The lowest BCUT2D eigenvalue weighted by atomic mass is 10.5. The second-order valence-electron chi connectivity index (χ2n) is 2.35. The van der Waals surface area contributed by atoms with Gasteiger partial charge in [-0.3, -0.25) is 0 Å². The highest BCUT2D eigenvalue weighted by atomic mass is 16.3. The van der Waals surface area contributed by atoms with Gasteiger partial charge in [-0.2, -0.15) is 0 Å². The van der Waals surface area contributed by atoms with Crippen LogP contribution in [-0.2, 0) is 0 Å². The third-order valence-corrected chi connectivity index (χ3v) is 0.688. The van der Waals surface area contributed by atoms with Crippen molar-refractivity contribution in [1.29, 1.82) is 0 Å². The molecule has 0 fully saturated rings. The zero-order valence-corrected chi connectivity index (χ0v) is 7.57. The Labute approximate surface area is 73.0 Å². The zero-order chi connectivity index (χ0) is 8.69. The first-order valence-corrected chi connectivity index (χ1v) is 3.47. The predicted octanol–water partition coefficient (Wildman–Crippen LogP) is 1.21. The van der Waals surface area contributed by atoms with Gasteiger partial charge in [0.15, 0.2) is 0 Å². The lowest BCUT2D eigenvalue weighted by Crippen LogP contribution is -1.85. The number of hydrogen-bond donors (Lipinski definition) is 3. The van der Waals surface area contributed by atoms with Gasteiger partial charge in [0.05, 0.1) is 0 Å². The molecular weight excluding hydrogens is 154 g/mol. The molecule has 0 amide bonds. The molecule has 6 N–H and O–H groups in total. The molecular formula is C8H17N3O. The molecule has 4 nitrogen and oxygen atoms in total. The van der Waals surface area contributed by atoms with Crippen LogP contribution in [0.25, 0.3) is 0 Å². The lowest BCUT2D eigenvalue weighted by Gasteiger charge is -1.82. The maximum absolute atomic E-state index is 8.06. The number of aliphatic hydroxyl groups is 1. The third-order valence-electron chi connectivity index (χ3n) is 0.688. The minimum Gasteiger partial charge on any atom is -0.394 e. The summed E-state index contributed by atoms with van der Waals surface area (Å²) in [4.78, 5) is 3.76. The summed E-state index contributed by atoms with van der Waals surface area (Å²) in [7, 11) is 0. The van der Waals surface area contributed by atoms with E-state index in [1.165, 1.54) is 0 Å². The van der Waals surface area contributed by atoms with Gasteiger partial charge >= 0.3 is 0 Å². The van der Waals surface area contributed by atoms with E-state index >= 15 is 0 Å². The van der Waals surface area contributed by atoms with Crippen molar-refractivity contribution in [1.82, 2.24) is 11.1 Å². The Bertz CT molecular complexity index is 174. The van der Waals surface area contributed by atoms with E-state index in [1.54, 1.807) is 26.1 Å². The van der Waals surface area contributed by atoms with Crippen molar-refractivity contribution >= 4 is 5.82 Å². The Morgan fingerprint density at radius 2 is 1.92 bits per heavy atom. The number of nitrogens with two attached hydrogens (primary N) is 1. The maximum Gasteiger partial charge on any atom is 0.123 e. The van der Waals surface area contributed by atoms with Crippen molar-refractivity contribution in [2.45, 2.75) is 20.0 Å². The number of pyridine rings is 1. The van der Waals surface area contributed by atoms with Gasteiger partial charge in [-0.05, 0) is 26.0 Å². The van der Waals surface area contributed by atoms with Crippen LogP contribution in [0.2, 0.25) is 0 Å². The molecule has 0 aliphatic heterocycles. The van der Waals surface area contributed by atoms with Crippen molar-refractivity contribution in [3.63, 3.8) is 0 Å². The van der Waals surface area contributed by atoms with E-state index in [9.17, 15) is 0 Å². The number of nitrogen functional groups attached to an aromatic ring is 1. The maximum atomic E-state index is 8.06. The van der Waals surface area contributed by atoms with Crippen molar-refractivity contribution in [2.75, 3.05) is 5.73 Å². The Morgan fingerprint density at radius 1 is 1.42 bits per heavy atom. The number of aromatic nitrogens is 1. The van der Waals surface area contributed by atoms with Crippen LogP contribution in [0.4, 0.5) is 5.82 Å². The summed E-state index contributed by atoms with van der Waals surface area (Å²) in [6.45, 7) is 3.44. The molecule has 0 aliphatic rings. The molecule has 0 saturated heterocycles. The summed E-state index contributed by atoms with van der Waals surface area (Å²) in [5.41, 5.74) is 5.25. The molecule has 70 valence electrons. The quantitative estimate of drug-likeness (QED) is 0.547. The summed E-state index contributed by atoms with van der Waals surface area (Å²) in [6, 6.07) is 5.43. The molecule has 0 saturated carbocycles. The van der Waals surface area contributed by atoms with Gasteiger partial charge in [0, 0.05) is 12.3 Å². The molecule has 0 unspecified atom stereocenters. The van der Waals surface area contributed by atoms with Crippen LogP contribution < -0.4 is 11.9 Å². The summed E-state index contributed by atoms with van der Waals surface area (Å²) in [5, 5.41) is 8.06. The molecule has 12 heavy (non-hydrogen) atoms. The number of aliphatic hydroxyl groups excluding tert-OH is 1. The number of rotatable bonds is 0. The van der Waals surface area contributed by atoms with Crippen LogP contribution in [0.3, 0.4) is 0 Å². The average molecular weight is 171 g/mol. The number of anilines is 1. The number of nitrogens with zero attached hydrogens (tertiary/aromatic N) is 1. The van der Waals surface area contributed by atoms with Crippen LogP contribution in [0.1, 0.15) is 13.8 Å². The van der Waals surface area contributed by atoms with Crippen molar-refractivity contribution in [2.24, 2.45) is 0 Å². The highest BCUT2D eigenvalue weighted by molar-refractivity contribution is 5.25. The molecule has 1 heterocycles. The van der Waals surface area contributed by atoms with Gasteiger partial charge < -0.3 is 17.0 Å². The summed E-state index contributed by atoms with van der Waals surface area (Å²) in [5.74, 6) is 0.572. The van der Waals surface area contributed by atoms with Crippen molar-refractivity contribution in [3.05, 3.63) is 24.4 Å². The highest BCUT2D eigenvalue weighted by Gasteiger charge is 1.73. The minimum absolute atomic E-state index is 0. The fourth-order valence-electron chi connectivity index (χ4n) is 0.376. The smallest absolute Gasteiger partial charge is 0.123 e. The van der Waals surface area contributed by atoms with E-state index in [-0.39, 0.29) is 12.3 Å². The predicted molar refractivity (Wildman–Crippen MR) is 51.0 cm³/mol. The average Bonchev–Trinajstić information content (AvgIpc) is 1.87. The summed E-state index contributed by atoms with van der Waals surface area (Å²) >= 11 is 0. The summed E-state index contributed by atoms with van der Waals surface area (Å²) < 4.78 is 0. The second kappa shape index (κ2) is 7.97. The SMILES string of the molecule is CC(C)O.N.Nc1ccccn1. The van der Waals surface area contributed by atoms with E-state index in [4.69, 9.17) is 10.8 Å². The Hall–Kier alpha value is -1.13. The Morgan fingerprint density at radius 3 is 2.08 bits per heavy atom. The summed E-state index contributed by atoms with van der Waals surface area (Å²) in [6.07, 6.45) is 1.50. The molecule has 0 aromatic carbocycles. The van der Waals surface area contributed by atoms with Crippen LogP contribution in [0.5, 0.6) is 0 Å². The van der Waals surface area contributed by atoms with Crippen molar-refractivity contribution < 1.29 is 5.11 Å². The minimum atomic E-state index is -0.167. The van der Waals surface area contributed by atoms with Crippen LogP contribution in [0, 0.1) is 0 Å². The molecule has 1 aromatic rings. The van der Waals surface area contributed by atoms with Crippen LogP contribution in [0.15, 0.2) is 24.4 Å². The van der Waals surface area contributed by atoms with E-state index < -0.39 is 0 Å². The molecule has 0 radical (unpaired) electrons. The fourth-order valence-corrected chi connectivity index (χ4v) is 0.376. The monoisotopic (exact) mass is 171 g/mol. The normalized spacial score (nSPS) is 8.00.